The van der Waals surface area contributed by atoms with Gasteiger partial charge in [-0.05, 0) is 41.5 Å². The SMILES string of the molecule is COc1cc(/C=C2/C(=N)N3C(c4ccccc4)=CSC3=NC2=O)ccc1OCCOc1ccccc1Cl. The lowest BCUT2D eigenvalue weighted by Crippen LogP contribution is -2.38. The van der Waals surface area contributed by atoms with Crippen LogP contribution in [0.3, 0.4) is 0 Å². The van der Waals surface area contributed by atoms with Crippen LogP contribution in [0.15, 0.2) is 88.8 Å². The zero-order valence-corrected chi connectivity index (χ0v) is 21.4. The lowest BCUT2D eigenvalue weighted by molar-refractivity contribution is -0.114. The number of nitrogens with zero attached hydrogens (tertiary/aromatic N) is 2. The molecule has 0 bridgehead atoms. The summed E-state index contributed by atoms with van der Waals surface area (Å²) in [6, 6.07) is 22.3. The smallest absolute Gasteiger partial charge is 0.283 e. The minimum atomic E-state index is -0.456. The van der Waals surface area contributed by atoms with Gasteiger partial charge in [0.2, 0.25) is 0 Å². The number of fused-ring (bicyclic) bond motifs is 1. The highest BCUT2D eigenvalue weighted by Crippen LogP contribution is 2.37. The van der Waals surface area contributed by atoms with Crippen LogP contribution in [0.2, 0.25) is 5.02 Å². The molecule has 7 nitrogen and oxygen atoms in total. The Morgan fingerprint density at radius 2 is 1.70 bits per heavy atom. The molecule has 9 heteroatoms. The van der Waals surface area contributed by atoms with E-state index in [-0.39, 0.29) is 18.0 Å². The van der Waals surface area contributed by atoms with Gasteiger partial charge in [-0.1, -0.05) is 71.9 Å². The van der Waals surface area contributed by atoms with Crippen molar-refractivity contribution >= 4 is 52.0 Å². The van der Waals surface area contributed by atoms with E-state index in [1.165, 1.54) is 11.8 Å². The summed E-state index contributed by atoms with van der Waals surface area (Å²) in [5, 5.41) is 11.7. The van der Waals surface area contributed by atoms with E-state index in [2.05, 4.69) is 4.99 Å². The van der Waals surface area contributed by atoms with Crippen LogP contribution >= 0.6 is 23.4 Å². The molecule has 0 aliphatic carbocycles. The molecule has 0 spiro atoms. The molecular weight excluding hydrogens is 510 g/mol. The average Bonchev–Trinajstić information content (AvgIpc) is 3.34. The van der Waals surface area contributed by atoms with Crippen molar-refractivity contribution in [2.45, 2.75) is 0 Å². The molecule has 0 unspecified atom stereocenters. The third-order valence-electron chi connectivity index (χ3n) is 5.62. The molecule has 2 aliphatic heterocycles. The highest BCUT2D eigenvalue weighted by Gasteiger charge is 2.36. The van der Waals surface area contributed by atoms with Crippen LogP contribution in [0.5, 0.6) is 17.2 Å². The number of hydrogen-bond donors (Lipinski definition) is 1. The van der Waals surface area contributed by atoms with Gasteiger partial charge in [0.25, 0.3) is 5.91 Å². The van der Waals surface area contributed by atoms with Crippen LogP contribution < -0.4 is 14.2 Å². The minimum absolute atomic E-state index is 0.0751. The van der Waals surface area contributed by atoms with Crippen molar-refractivity contribution in [3.8, 4) is 17.2 Å². The average molecular weight is 532 g/mol. The molecule has 3 aromatic rings. The van der Waals surface area contributed by atoms with Crippen molar-refractivity contribution in [1.29, 1.82) is 5.41 Å². The molecule has 186 valence electrons. The number of nitrogens with one attached hydrogen (secondary N) is 1. The number of amidine groups is 2. The number of para-hydroxylation sites is 1. The maximum absolute atomic E-state index is 12.8. The first-order chi connectivity index (χ1) is 18.0. The highest BCUT2D eigenvalue weighted by atomic mass is 35.5. The predicted octanol–water partition coefficient (Wildman–Crippen LogP) is 6.11. The first kappa shape index (κ1) is 24.7. The first-order valence-corrected chi connectivity index (χ1v) is 12.6. The Morgan fingerprint density at radius 3 is 2.46 bits per heavy atom. The fraction of sp³-hybridized carbons (Fsp3) is 0.107. The van der Waals surface area contributed by atoms with Gasteiger partial charge in [-0.3, -0.25) is 15.1 Å². The highest BCUT2D eigenvalue weighted by molar-refractivity contribution is 8.17. The Balaban J connectivity index is 1.31. The lowest BCUT2D eigenvalue weighted by Gasteiger charge is -2.27. The largest absolute Gasteiger partial charge is 0.493 e. The molecule has 0 fully saturated rings. The van der Waals surface area contributed by atoms with Crippen LogP contribution in [0.25, 0.3) is 11.8 Å². The molecule has 0 atom stereocenters. The van der Waals surface area contributed by atoms with E-state index in [9.17, 15) is 4.79 Å². The molecule has 1 N–H and O–H groups in total. The molecule has 1 amide bonds. The third-order valence-corrected chi connectivity index (χ3v) is 6.76. The Morgan fingerprint density at radius 1 is 0.973 bits per heavy atom. The van der Waals surface area contributed by atoms with Crippen LogP contribution in [-0.4, -0.2) is 42.1 Å². The summed E-state index contributed by atoms with van der Waals surface area (Å²) in [6.45, 7) is 0.583. The Bertz CT molecular complexity index is 1450. The van der Waals surface area contributed by atoms with Crippen molar-refractivity contribution < 1.29 is 19.0 Å². The van der Waals surface area contributed by atoms with E-state index in [1.807, 2.05) is 47.9 Å². The number of carbonyl (C=O) groups excluding carboxylic acids is 1. The first-order valence-electron chi connectivity index (χ1n) is 11.4. The number of rotatable bonds is 8. The van der Waals surface area contributed by atoms with Crippen molar-refractivity contribution in [3.05, 3.63) is 99.9 Å². The summed E-state index contributed by atoms with van der Waals surface area (Å²) in [5.74, 6) is 1.23. The second-order valence-corrected chi connectivity index (χ2v) is 9.21. The number of halogens is 1. The van der Waals surface area contributed by atoms with Gasteiger partial charge in [-0.15, -0.1) is 0 Å². The molecule has 37 heavy (non-hydrogen) atoms. The summed E-state index contributed by atoms with van der Waals surface area (Å²) in [6.07, 6.45) is 1.64. The minimum Gasteiger partial charge on any atom is -0.493 e. The quantitative estimate of drug-likeness (QED) is 0.279. The van der Waals surface area contributed by atoms with Crippen molar-refractivity contribution in [2.75, 3.05) is 20.3 Å². The molecular formula is C28H22ClN3O4S. The summed E-state index contributed by atoms with van der Waals surface area (Å²) in [5.41, 5.74) is 2.63. The maximum Gasteiger partial charge on any atom is 0.283 e. The van der Waals surface area contributed by atoms with Crippen LogP contribution in [-0.2, 0) is 4.79 Å². The number of methoxy groups -OCH3 is 1. The van der Waals surface area contributed by atoms with Crippen LogP contribution in [0, 0.1) is 5.41 Å². The van der Waals surface area contributed by atoms with Gasteiger partial charge < -0.3 is 14.2 Å². The topological polar surface area (TPSA) is 84.2 Å². The van der Waals surface area contributed by atoms with E-state index in [4.69, 9.17) is 31.2 Å². The summed E-state index contributed by atoms with van der Waals surface area (Å²) < 4.78 is 17.0. The molecule has 3 aromatic carbocycles. The Hall–Kier alpha value is -4.01. The number of ether oxygens (including phenoxy) is 3. The number of amides is 1. The lowest BCUT2D eigenvalue weighted by atomic mass is 10.1. The fourth-order valence-corrected chi connectivity index (χ4v) is 4.92. The standard InChI is InChI=1S/C28H22ClN3O4S/c1-34-25-16-18(11-12-24(25)36-14-13-35-23-10-6-5-9-21(23)29)15-20-26(30)32-22(19-7-3-2-4-8-19)17-37-28(32)31-27(20)33/h2-12,15-17,30H,13-14H2,1H3/b20-15-,30-26?. The Labute approximate surface area is 223 Å². The Kier molecular flexibility index (Phi) is 7.30. The van der Waals surface area contributed by atoms with Gasteiger partial charge in [0.05, 0.1) is 23.4 Å². The molecule has 2 aliphatic rings. The molecule has 0 saturated carbocycles. The molecule has 0 saturated heterocycles. The number of thioether (sulfide) groups is 1. The summed E-state index contributed by atoms with van der Waals surface area (Å²) in [4.78, 5) is 18.7. The van der Waals surface area contributed by atoms with E-state index in [1.54, 1.807) is 48.4 Å². The zero-order valence-electron chi connectivity index (χ0n) is 19.8. The molecule has 0 aromatic heterocycles. The van der Waals surface area contributed by atoms with Crippen molar-refractivity contribution in [2.24, 2.45) is 4.99 Å². The van der Waals surface area contributed by atoms with Gasteiger partial charge in [0.15, 0.2) is 16.7 Å². The van der Waals surface area contributed by atoms with Gasteiger partial charge in [-0.2, -0.15) is 4.99 Å². The van der Waals surface area contributed by atoms with E-state index in [0.29, 0.717) is 39.6 Å². The number of benzene rings is 3. The van der Waals surface area contributed by atoms with E-state index in [0.717, 1.165) is 11.3 Å². The van der Waals surface area contributed by atoms with Crippen molar-refractivity contribution in [3.63, 3.8) is 0 Å². The van der Waals surface area contributed by atoms with E-state index < -0.39 is 5.91 Å². The maximum atomic E-state index is 12.8. The fourth-order valence-electron chi connectivity index (χ4n) is 3.84. The van der Waals surface area contributed by atoms with Crippen molar-refractivity contribution in [1.82, 2.24) is 4.90 Å². The normalized spacial score (nSPS) is 15.8. The van der Waals surface area contributed by atoms with Gasteiger partial charge >= 0.3 is 0 Å². The number of aliphatic imine (C=N–C) groups is 1. The van der Waals surface area contributed by atoms with E-state index >= 15 is 0 Å². The van der Waals surface area contributed by atoms with Crippen LogP contribution in [0.4, 0.5) is 0 Å². The second-order valence-electron chi connectivity index (χ2n) is 7.97. The zero-order chi connectivity index (χ0) is 25.8. The summed E-state index contributed by atoms with van der Waals surface area (Å²) >= 11 is 7.44. The third kappa shape index (κ3) is 5.26. The summed E-state index contributed by atoms with van der Waals surface area (Å²) in [7, 11) is 1.54. The molecule has 0 radical (unpaired) electrons. The number of hydrogen-bond acceptors (Lipinski definition) is 6. The van der Waals surface area contributed by atoms with Gasteiger partial charge in [0.1, 0.15) is 24.8 Å². The molecule has 5 rings (SSSR count). The van der Waals surface area contributed by atoms with Crippen LogP contribution in [0.1, 0.15) is 11.1 Å². The monoisotopic (exact) mass is 531 g/mol. The molecule has 2 heterocycles. The number of carbonyl (C=O) groups is 1. The predicted molar refractivity (Wildman–Crippen MR) is 147 cm³/mol. The second kappa shape index (κ2) is 10.9. The van der Waals surface area contributed by atoms with Gasteiger partial charge in [-0.25, -0.2) is 0 Å². The van der Waals surface area contributed by atoms with Gasteiger partial charge in [0, 0.05) is 5.41 Å².